The van der Waals surface area contributed by atoms with Crippen LogP contribution in [0, 0.1) is 10.1 Å². The van der Waals surface area contributed by atoms with Crippen molar-refractivity contribution in [3.63, 3.8) is 0 Å². The highest BCUT2D eigenvalue weighted by atomic mass is 19.4. The molecule has 26 heavy (non-hydrogen) atoms. The molecule has 0 aromatic heterocycles. The van der Waals surface area contributed by atoms with E-state index in [0.717, 1.165) is 12.1 Å². The number of piperazine rings is 1. The van der Waals surface area contributed by atoms with Crippen LogP contribution in [0.1, 0.15) is 10.4 Å². The van der Waals surface area contributed by atoms with Crippen LogP contribution in [0.4, 0.5) is 18.9 Å². The van der Waals surface area contributed by atoms with Crippen LogP contribution in [0.5, 0.6) is 5.75 Å². The average molecular weight is 376 g/mol. The van der Waals surface area contributed by atoms with Crippen molar-refractivity contribution in [3.05, 3.63) is 33.9 Å². The molecule has 0 saturated carbocycles. The highest BCUT2D eigenvalue weighted by molar-refractivity contribution is 5.98. The Morgan fingerprint density at radius 3 is 2.62 bits per heavy atom. The Hall–Kier alpha value is -2.40. The lowest BCUT2D eigenvalue weighted by atomic mass is 10.1. The molecule has 1 aromatic carbocycles. The van der Waals surface area contributed by atoms with Crippen LogP contribution in [0.3, 0.4) is 0 Å². The molecule has 1 aromatic rings. The minimum atomic E-state index is -4.54. The van der Waals surface area contributed by atoms with Gasteiger partial charge in [0.15, 0.2) is 0 Å². The summed E-state index contributed by atoms with van der Waals surface area (Å²) < 4.78 is 44.9. The number of nitrogens with one attached hydrogen (secondary N) is 2. The van der Waals surface area contributed by atoms with Crippen molar-refractivity contribution in [2.75, 3.05) is 39.8 Å². The van der Waals surface area contributed by atoms with Crippen LogP contribution in [0.25, 0.3) is 0 Å². The molecule has 2 N–H and O–H groups in total. The number of benzene rings is 1. The fraction of sp³-hybridized carbons (Fsp3) is 0.533. The van der Waals surface area contributed by atoms with Crippen molar-refractivity contribution < 1.29 is 27.6 Å². The number of hydrogen-bond acceptors (Lipinski definition) is 6. The topological polar surface area (TPSA) is 96.7 Å². The zero-order valence-corrected chi connectivity index (χ0v) is 14.0. The smallest absolute Gasteiger partial charge is 0.405 e. The van der Waals surface area contributed by atoms with Crippen LogP contribution in [0.15, 0.2) is 18.2 Å². The second kappa shape index (κ2) is 8.32. The third-order valence-electron chi connectivity index (χ3n) is 4.07. The fourth-order valence-electron chi connectivity index (χ4n) is 2.71. The van der Waals surface area contributed by atoms with E-state index in [2.05, 4.69) is 10.6 Å². The molecule has 11 heteroatoms. The van der Waals surface area contributed by atoms with E-state index in [1.807, 2.05) is 0 Å². The first-order chi connectivity index (χ1) is 12.2. The summed E-state index contributed by atoms with van der Waals surface area (Å²) in [7, 11) is 1.31. The van der Waals surface area contributed by atoms with Gasteiger partial charge in [0.25, 0.3) is 11.6 Å². The van der Waals surface area contributed by atoms with E-state index in [1.54, 1.807) is 0 Å². The zero-order valence-electron chi connectivity index (χ0n) is 14.0. The van der Waals surface area contributed by atoms with E-state index in [0.29, 0.717) is 13.1 Å². The molecule has 1 aliphatic heterocycles. The summed E-state index contributed by atoms with van der Waals surface area (Å²) in [5.41, 5.74) is -0.857. The Morgan fingerprint density at radius 2 is 2.08 bits per heavy atom. The second-order valence-corrected chi connectivity index (χ2v) is 5.69. The van der Waals surface area contributed by atoms with Gasteiger partial charge >= 0.3 is 6.18 Å². The number of ether oxygens (including phenoxy) is 1. The molecule has 0 bridgehead atoms. The van der Waals surface area contributed by atoms with Crippen molar-refractivity contribution in [1.29, 1.82) is 0 Å². The minimum Gasteiger partial charge on any atom is -0.497 e. The van der Waals surface area contributed by atoms with E-state index in [-0.39, 0.29) is 24.4 Å². The van der Waals surface area contributed by atoms with Crippen LogP contribution in [-0.2, 0) is 0 Å². The van der Waals surface area contributed by atoms with Gasteiger partial charge in [0, 0.05) is 38.8 Å². The lowest BCUT2D eigenvalue weighted by Gasteiger charge is -2.35. The lowest BCUT2D eigenvalue weighted by Crippen LogP contribution is -2.57. The van der Waals surface area contributed by atoms with Crippen LogP contribution in [0.2, 0.25) is 0 Å². The number of hydrogen-bond donors (Lipinski definition) is 2. The van der Waals surface area contributed by atoms with Crippen molar-refractivity contribution in [2.45, 2.75) is 12.2 Å². The quantitative estimate of drug-likeness (QED) is 0.572. The van der Waals surface area contributed by atoms with Gasteiger partial charge in [0.05, 0.1) is 12.0 Å². The van der Waals surface area contributed by atoms with E-state index in [4.69, 9.17) is 4.74 Å². The monoisotopic (exact) mass is 376 g/mol. The van der Waals surface area contributed by atoms with Crippen LogP contribution in [-0.4, -0.2) is 67.8 Å². The summed E-state index contributed by atoms with van der Waals surface area (Å²) in [5, 5.41) is 16.2. The maximum Gasteiger partial charge on any atom is 0.405 e. The first-order valence-corrected chi connectivity index (χ1v) is 7.86. The van der Waals surface area contributed by atoms with E-state index < -0.39 is 35.3 Å². The highest BCUT2D eigenvalue weighted by Gasteiger charge is 2.44. The van der Waals surface area contributed by atoms with Gasteiger partial charge in [0.2, 0.25) is 0 Å². The molecule has 0 spiro atoms. The molecule has 1 aliphatic rings. The normalized spacial score (nSPS) is 16.8. The molecule has 1 unspecified atom stereocenters. The van der Waals surface area contributed by atoms with E-state index >= 15 is 0 Å². The Kier molecular flexibility index (Phi) is 6.37. The van der Waals surface area contributed by atoms with Gasteiger partial charge in [-0.2, -0.15) is 13.2 Å². The summed E-state index contributed by atoms with van der Waals surface area (Å²) in [6, 6.07) is 1.64. The third kappa shape index (κ3) is 4.82. The molecule has 0 radical (unpaired) electrons. The summed E-state index contributed by atoms with van der Waals surface area (Å²) in [6.45, 7) is 0.527. The van der Waals surface area contributed by atoms with Crippen molar-refractivity contribution in [1.82, 2.24) is 15.5 Å². The number of methoxy groups -OCH3 is 1. The first-order valence-electron chi connectivity index (χ1n) is 7.86. The molecular weight excluding hydrogens is 357 g/mol. The average Bonchev–Trinajstić information content (AvgIpc) is 2.60. The molecule has 2 rings (SSSR count). The van der Waals surface area contributed by atoms with Gasteiger partial charge in [-0.25, -0.2) is 0 Å². The Balaban J connectivity index is 2.16. The van der Waals surface area contributed by atoms with Gasteiger partial charge in [-0.15, -0.1) is 0 Å². The third-order valence-corrected chi connectivity index (χ3v) is 4.07. The molecule has 0 aliphatic carbocycles. The molecule has 1 heterocycles. The number of nitro benzene ring substituents is 1. The summed E-state index contributed by atoms with van der Waals surface area (Å²) >= 11 is 0. The van der Waals surface area contributed by atoms with Gasteiger partial charge < -0.3 is 15.4 Å². The van der Waals surface area contributed by atoms with Gasteiger partial charge in [-0.3, -0.25) is 19.8 Å². The summed E-state index contributed by atoms with van der Waals surface area (Å²) in [5.74, 6) is -0.768. The number of carbonyl (C=O) groups is 1. The van der Waals surface area contributed by atoms with Crippen LogP contribution >= 0.6 is 0 Å². The number of nitro groups is 1. The zero-order chi connectivity index (χ0) is 19.3. The molecule has 1 amide bonds. The number of nitrogens with zero attached hydrogens (tertiary/aromatic N) is 2. The number of halogens is 3. The molecule has 8 nitrogen and oxygen atoms in total. The van der Waals surface area contributed by atoms with E-state index in [1.165, 1.54) is 18.1 Å². The number of rotatable bonds is 6. The highest BCUT2D eigenvalue weighted by Crippen LogP contribution is 2.26. The van der Waals surface area contributed by atoms with Gasteiger partial charge in [-0.05, 0) is 12.1 Å². The van der Waals surface area contributed by atoms with E-state index in [9.17, 15) is 28.1 Å². The molecule has 1 atom stereocenters. The summed E-state index contributed by atoms with van der Waals surface area (Å²) in [4.78, 5) is 23.8. The minimum absolute atomic E-state index is 0.190. The molecular formula is C15H19F3N4O4. The lowest BCUT2D eigenvalue weighted by molar-refractivity contribution is -0.385. The SMILES string of the molecule is COc1ccc([N+](=O)[O-])c(C(=O)NCC(N2CCNCC2)C(F)(F)F)c1. The maximum absolute atomic E-state index is 13.3. The Morgan fingerprint density at radius 1 is 1.42 bits per heavy atom. The number of carbonyl (C=O) groups excluding carboxylic acids is 1. The Bertz CT molecular complexity index is 663. The predicted octanol–water partition coefficient (Wildman–Crippen LogP) is 1.17. The van der Waals surface area contributed by atoms with Crippen LogP contribution < -0.4 is 15.4 Å². The largest absolute Gasteiger partial charge is 0.497 e. The first kappa shape index (κ1) is 19.9. The fourth-order valence-corrected chi connectivity index (χ4v) is 2.71. The van der Waals surface area contributed by atoms with Gasteiger partial charge in [0.1, 0.15) is 17.4 Å². The molecule has 1 saturated heterocycles. The molecule has 1 fully saturated rings. The van der Waals surface area contributed by atoms with Crippen molar-refractivity contribution in [2.24, 2.45) is 0 Å². The number of amides is 1. The number of alkyl halides is 3. The summed E-state index contributed by atoms with van der Waals surface area (Å²) in [6.07, 6.45) is -4.54. The molecule has 144 valence electrons. The Labute approximate surface area is 147 Å². The van der Waals surface area contributed by atoms with Gasteiger partial charge in [-0.1, -0.05) is 0 Å². The second-order valence-electron chi connectivity index (χ2n) is 5.69. The van der Waals surface area contributed by atoms with Crippen molar-refractivity contribution in [3.8, 4) is 5.75 Å². The predicted molar refractivity (Wildman–Crippen MR) is 86.3 cm³/mol. The standard InChI is InChI=1S/C15H19F3N4O4/c1-26-10-2-3-12(22(24)25)11(8-10)14(23)20-9-13(15(16,17)18)21-6-4-19-5-7-21/h2-3,8,13,19H,4-7,9H2,1H3,(H,20,23). The maximum atomic E-state index is 13.3. The van der Waals surface area contributed by atoms with Crippen molar-refractivity contribution >= 4 is 11.6 Å².